The molecule has 2 heterocycles. The maximum atomic E-state index is 12.8. The molecule has 3 aromatic rings. The molecule has 6 heteroatoms. The Morgan fingerprint density at radius 3 is 2.45 bits per heavy atom. The Kier molecular flexibility index (Phi) is 5.91. The fourth-order valence-corrected chi connectivity index (χ4v) is 3.50. The summed E-state index contributed by atoms with van der Waals surface area (Å²) in [6.07, 6.45) is 1.78. The first kappa shape index (κ1) is 19.2. The summed E-state index contributed by atoms with van der Waals surface area (Å²) in [5.41, 5.74) is 3.13. The Morgan fingerprint density at radius 2 is 1.69 bits per heavy atom. The molecular formula is C23H26N4O2. The van der Waals surface area contributed by atoms with E-state index in [-0.39, 0.29) is 12.6 Å². The van der Waals surface area contributed by atoms with Gasteiger partial charge in [-0.1, -0.05) is 42.5 Å². The third-order valence-electron chi connectivity index (χ3n) is 5.28. The second kappa shape index (κ2) is 8.92. The van der Waals surface area contributed by atoms with E-state index < -0.39 is 0 Å². The maximum absolute atomic E-state index is 12.8. The number of para-hydroxylation sites is 1. The average Bonchev–Trinajstić information content (AvgIpc) is 3.24. The summed E-state index contributed by atoms with van der Waals surface area (Å²) in [6.45, 7) is 6.54. The van der Waals surface area contributed by atoms with Crippen LogP contribution in [0.4, 0.5) is 0 Å². The van der Waals surface area contributed by atoms with E-state index >= 15 is 0 Å². The third kappa shape index (κ3) is 4.84. The first-order chi connectivity index (χ1) is 14.2. The number of carbonyl (C=O) groups excluding carboxylic acids is 1. The highest BCUT2D eigenvalue weighted by atomic mass is 16.5. The van der Waals surface area contributed by atoms with Gasteiger partial charge in [-0.05, 0) is 36.2 Å². The van der Waals surface area contributed by atoms with Gasteiger partial charge in [0.05, 0.1) is 0 Å². The number of rotatable bonds is 6. The summed E-state index contributed by atoms with van der Waals surface area (Å²) in [5, 5.41) is 4.39. The van der Waals surface area contributed by atoms with Crippen molar-refractivity contribution in [1.29, 1.82) is 0 Å². The smallest absolute Gasteiger partial charge is 0.274 e. The average molecular weight is 390 g/mol. The molecule has 0 unspecified atom stereocenters. The van der Waals surface area contributed by atoms with Crippen molar-refractivity contribution in [2.45, 2.75) is 20.2 Å². The molecule has 1 aromatic heterocycles. The molecule has 1 saturated heterocycles. The van der Waals surface area contributed by atoms with Crippen LogP contribution >= 0.6 is 0 Å². The van der Waals surface area contributed by atoms with Crippen LogP contribution in [0.1, 0.15) is 21.6 Å². The molecule has 29 heavy (non-hydrogen) atoms. The quantitative estimate of drug-likeness (QED) is 0.649. The van der Waals surface area contributed by atoms with Crippen LogP contribution in [-0.4, -0.2) is 51.7 Å². The predicted molar refractivity (Wildman–Crippen MR) is 112 cm³/mol. The lowest BCUT2D eigenvalue weighted by Gasteiger charge is -2.34. The molecule has 150 valence electrons. The number of amides is 1. The van der Waals surface area contributed by atoms with Gasteiger partial charge in [-0.3, -0.25) is 9.69 Å². The highest BCUT2D eigenvalue weighted by Crippen LogP contribution is 2.14. The van der Waals surface area contributed by atoms with Gasteiger partial charge in [0.25, 0.3) is 5.91 Å². The highest BCUT2D eigenvalue weighted by Gasteiger charge is 2.23. The van der Waals surface area contributed by atoms with Crippen molar-refractivity contribution in [3.05, 3.63) is 83.7 Å². The maximum Gasteiger partial charge on any atom is 0.274 e. The number of aromatic nitrogens is 2. The number of carbonyl (C=O) groups is 1. The van der Waals surface area contributed by atoms with E-state index in [1.54, 1.807) is 16.9 Å². The Balaban J connectivity index is 1.28. The zero-order valence-electron chi connectivity index (χ0n) is 16.7. The minimum atomic E-state index is -0.0148. The molecule has 0 N–H and O–H groups in total. The molecule has 0 aliphatic carbocycles. The first-order valence-electron chi connectivity index (χ1n) is 9.96. The lowest BCUT2D eigenvalue weighted by atomic mass is 10.1. The van der Waals surface area contributed by atoms with Gasteiger partial charge in [-0.25, -0.2) is 4.68 Å². The fourth-order valence-electron chi connectivity index (χ4n) is 3.50. The molecule has 0 saturated carbocycles. The lowest BCUT2D eigenvalue weighted by Crippen LogP contribution is -2.48. The molecule has 1 aliphatic rings. The van der Waals surface area contributed by atoms with Gasteiger partial charge in [0.15, 0.2) is 12.4 Å². The minimum Gasteiger partial charge on any atom is -0.471 e. The Labute approximate surface area is 171 Å². The zero-order valence-corrected chi connectivity index (χ0v) is 16.7. The predicted octanol–water partition coefficient (Wildman–Crippen LogP) is 3.19. The van der Waals surface area contributed by atoms with Gasteiger partial charge in [0.1, 0.15) is 5.75 Å². The van der Waals surface area contributed by atoms with E-state index in [0.29, 0.717) is 5.69 Å². The van der Waals surface area contributed by atoms with Crippen molar-refractivity contribution in [1.82, 2.24) is 19.6 Å². The second-order valence-electron chi connectivity index (χ2n) is 7.32. The summed E-state index contributed by atoms with van der Waals surface area (Å²) in [7, 11) is 0. The molecule has 1 fully saturated rings. The summed E-state index contributed by atoms with van der Waals surface area (Å²) in [6, 6.07) is 19.8. The minimum absolute atomic E-state index is 0.0148. The van der Waals surface area contributed by atoms with Gasteiger partial charge in [-0.15, -0.1) is 0 Å². The Morgan fingerprint density at radius 1 is 0.966 bits per heavy atom. The summed E-state index contributed by atoms with van der Waals surface area (Å²) < 4.78 is 7.33. The Hall–Kier alpha value is -3.12. The SMILES string of the molecule is Cc1ccccc1CN1CCN(C(=O)c2ccn(COc3ccccc3)n2)CC1. The monoisotopic (exact) mass is 390 g/mol. The number of hydrogen-bond donors (Lipinski definition) is 0. The molecule has 0 bridgehead atoms. The van der Waals surface area contributed by atoms with E-state index in [2.05, 4.69) is 41.2 Å². The number of aryl methyl sites for hydroxylation is 1. The van der Waals surface area contributed by atoms with E-state index in [1.165, 1.54) is 11.1 Å². The largest absolute Gasteiger partial charge is 0.471 e. The van der Waals surface area contributed by atoms with Crippen molar-refractivity contribution in [3.8, 4) is 5.75 Å². The van der Waals surface area contributed by atoms with Crippen LogP contribution in [0, 0.1) is 6.92 Å². The molecule has 1 aliphatic heterocycles. The molecule has 0 atom stereocenters. The van der Waals surface area contributed by atoms with E-state index in [1.807, 2.05) is 35.2 Å². The van der Waals surface area contributed by atoms with Gasteiger partial charge in [-0.2, -0.15) is 5.10 Å². The van der Waals surface area contributed by atoms with Gasteiger partial charge >= 0.3 is 0 Å². The second-order valence-corrected chi connectivity index (χ2v) is 7.32. The third-order valence-corrected chi connectivity index (χ3v) is 5.28. The molecular weight excluding hydrogens is 364 g/mol. The number of ether oxygens (including phenoxy) is 1. The van der Waals surface area contributed by atoms with Crippen molar-refractivity contribution in [2.75, 3.05) is 26.2 Å². The van der Waals surface area contributed by atoms with Gasteiger partial charge in [0, 0.05) is 38.9 Å². The molecule has 0 spiro atoms. The van der Waals surface area contributed by atoms with E-state index in [4.69, 9.17) is 4.74 Å². The lowest BCUT2D eigenvalue weighted by molar-refractivity contribution is 0.0620. The van der Waals surface area contributed by atoms with Crippen LogP contribution in [-0.2, 0) is 13.3 Å². The molecule has 0 radical (unpaired) electrons. The van der Waals surface area contributed by atoms with Crippen LogP contribution < -0.4 is 4.74 Å². The highest BCUT2D eigenvalue weighted by molar-refractivity contribution is 5.92. The van der Waals surface area contributed by atoms with Gasteiger partial charge in [0.2, 0.25) is 0 Å². The molecule has 4 rings (SSSR count). The van der Waals surface area contributed by atoms with E-state index in [9.17, 15) is 4.79 Å². The first-order valence-corrected chi connectivity index (χ1v) is 9.96. The summed E-state index contributed by atoms with van der Waals surface area (Å²) >= 11 is 0. The summed E-state index contributed by atoms with van der Waals surface area (Å²) in [5.74, 6) is 0.764. The van der Waals surface area contributed by atoms with Crippen LogP contribution in [0.3, 0.4) is 0 Å². The van der Waals surface area contributed by atoms with Crippen LogP contribution in [0.25, 0.3) is 0 Å². The Bertz CT molecular complexity index is 946. The standard InChI is InChI=1S/C23H26N4O2/c1-19-7-5-6-8-20(19)17-25-13-15-26(16-14-25)23(28)22-11-12-27(24-22)18-29-21-9-3-2-4-10-21/h2-12H,13-18H2,1H3. The van der Waals surface area contributed by atoms with Gasteiger partial charge < -0.3 is 9.64 Å². The van der Waals surface area contributed by atoms with Crippen molar-refractivity contribution < 1.29 is 9.53 Å². The van der Waals surface area contributed by atoms with Crippen LogP contribution in [0.5, 0.6) is 5.75 Å². The number of piperazine rings is 1. The number of hydrogen-bond acceptors (Lipinski definition) is 4. The topological polar surface area (TPSA) is 50.6 Å². The zero-order chi connectivity index (χ0) is 20.1. The fraction of sp³-hybridized carbons (Fsp3) is 0.304. The van der Waals surface area contributed by atoms with Crippen LogP contribution in [0.2, 0.25) is 0 Å². The molecule has 1 amide bonds. The van der Waals surface area contributed by atoms with Crippen molar-refractivity contribution in [3.63, 3.8) is 0 Å². The molecule has 2 aromatic carbocycles. The number of nitrogens with zero attached hydrogens (tertiary/aromatic N) is 4. The van der Waals surface area contributed by atoms with Crippen molar-refractivity contribution >= 4 is 5.91 Å². The molecule has 6 nitrogen and oxygen atoms in total. The van der Waals surface area contributed by atoms with Crippen molar-refractivity contribution in [2.24, 2.45) is 0 Å². The summed E-state index contributed by atoms with van der Waals surface area (Å²) in [4.78, 5) is 17.1. The normalized spacial score (nSPS) is 14.7. The van der Waals surface area contributed by atoms with E-state index in [0.717, 1.165) is 38.5 Å². The van der Waals surface area contributed by atoms with Crippen LogP contribution in [0.15, 0.2) is 66.9 Å². The number of benzene rings is 2.